The lowest BCUT2D eigenvalue weighted by molar-refractivity contribution is 0.00697. The number of fused-ring (bicyclic) bond motifs is 1. The van der Waals surface area contributed by atoms with Crippen LogP contribution in [0, 0.1) is 0 Å². The average molecular weight is 340 g/mol. The number of esters is 1. The van der Waals surface area contributed by atoms with Crippen LogP contribution in [-0.4, -0.2) is 27.3 Å². The molecule has 0 aliphatic heterocycles. The van der Waals surface area contributed by atoms with E-state index in [1.165, 1.54) is 6.20 Å². The highest BCUT2D eigenvalue weighted by Gasteiger charge is 2.19. The minimum atomic E-state index is -1.08. The van der Waals surface area contributed by atoms with Gasteiger partial charge >= 0.3 is 12.1 Å². The van der Waals surface area contributed by atoms with Gasteiger partial charge in [0.2, 0.25) is 0 Å². The summed E-state index contributed by atoms with van der Waals surface area (Å²) in [5, 5.41) is 9.73. The molecule has 1 N–H and O–H groups in total. The molecule has 0 atom stereocenters. The van der Waals surface area contributed by atoms with Crippen LogP contribution in [0.15, 0.2) is 28.9 Å². The van der Waals surface area contributed by atoms with Gasteiger partial charge in [0.25, 0.3) is 0 Å². The van der Waals surface area contributed by atoms with Crippen molar-refractivity contribution in [1.82, 2.24) is 4.57 Å². The van der Waals surface area contributed by atoms with E-state index in [9.17, 15) is 9.59 Å². The van der Waals surface area contributed by atoms with Gasteiger partial charge in [0.15, 0.2) is 0 Å². The number of ether oxygens (including phenoxy) is 1. The van der Waals surface area contributed by atoms with Gasteiger partial charge in [0, 0.05) is 16.1 Å². The Morgan fingerprint density at radius 1 is 1.30 bits per heavy atom. The number of hydrogen-bond donors (Lipinski definition) is 1. The molecule has 0 unspecified atom stereocenters. The summed E-state index contributed by atoms with van der Waals surface area (Å²) in [5.41, 5.74) is 0.323. The first-order chi connectivity index (χ1) is 9.19. The zero-order valence-electron chi connectivity index (χ0n) is 11.3. The Kier molecular flexibility index (Phi) is 3.60. The first-order valence-electron chi connectivity index (χ1n) is 5.96. The van der Waals surface area contributed by atoms with Crippen LogP contribution in [0.25, 0.3) is 10.9 Å². The maximum atomic E-state index is 12.0. The Labute approximate surface area is 124 Å². The van der Waals surface area contributed by atoms with E-state index in [1.54, 1.807) is 39.0 Å². The summed E-state index contributed by atoms with van der Waals surface area (Å²) in [6.45, 7) is 5.38. The summed E-state index contributed by atoms with van der Waals surface area (Å²) < 4.78 is 7.00. The fraction of sp³-hybridized carbons (Fsp3) is 0.286. The summed E-state index contributed by atoms with van der Waals surface area (Å²) in [4.78, 5) is 23.1. The molecule has 20 heavy (non-hydrogen) atoms. The number of nitrogens with zero attached hydrogens (tertiary/aromatic N) is 1. The normalized spacial score (nSPS) is 11.6. The number of aromatic nitrogens is 1. The Morgan fingerprint density at radius 2 is 1.95 bits per heavy atom. The van der Waals surface area contributed by atoms with Crippen molar-refractivity contribution in [3.05, 3.63) is 34.4 Å². The molecule has 0 aliphatic rings. The van der Waals surface area contributed by atoms with Crippen molar-refractivity contribution in [2.24, 2.45) is 0 Å². The molecular weight excluding hydrogens is 326 g/mol. The standard InChI is InChI=1S/C14H14BrNO4/c1-14(2,3)20-12(17)8-4-5-11-9(6-8)10(15)7-16(11)13(18)19/h4-7H,1-3H3,(H,18,19). The van der Waals surface area contributed by atoms with E-state index in [2.05, 4.69) is 15.9 Å². The predicted octanol–water partition coefficient (Wildman–Crippen LogP) is 3.89. The van der Waals surface area contributed by atoms with Crippen molar-refractivity contribution in [1.29, 1.82) is 0 Å². The van der Waals surface area contributed by atoms with E-state index in [0.717, 1.165) is 4.57 Å². The van der Waals surface area contributed by atoms with Gasteiger partial charge in [-0.25, -0.2) is 9.59 Å². The number of carbonyl (C=O) groups excluding carboxylic acids is 1. The van der Waals surface area contributed by atoms with Crippen LogP contribution in [0.3, 0.4) is 0 Å². The fourth-order valence-corrected chi connectivity index (χ4v) is 2.33. The highest BCUT2D eigenvalue weighted by Crippen LogP contribution is 2.27. The summed E-state index contributed by atoms with van der Waals surface area (Å²) in [7, 11) is 0. The van der Waals surface area contributed by atoms with Crippen LogP contribution in [0.2, 0.25) is 0 Å². The van der Waals surface area contributed by atoms with Gasteiger partial charge in [-0.3, -0.25) is 4.57 Å². The van der Waals surface area contributed by atoms with Crippen LogP contribution < -0.4 is 0 Å². The Morgan fingerprint density at radius 3 is 2.50 bits per heavy atom. The molecule has 0 aliphatic carbocycles. The molecule has 6 heteroatoms. The molecule has 5 nitrogen and oxygen atoms in total. The van der Waals surface area contributed by atoms with Crippen LogP contribution in [0.4, 0.5) is 4.79 Å². The molecule has 0 radical (unpaired) electrons. The quantitative estimate of drug-likeness (QED) is 0.800. The van der Waals surface area contributed by atoms with Gasteiger partial charge < -0.3 is 9.84 Å². The first-order valence-corrected chi connectivity index (χ1v) is 6.75. The molecule has 0 amide bonds. The molecule has 0 bridgehead atoms. The van der Waals surface area contributed by atoms with E-state index in [4.69, 9.17) is 9.84 Å². The van der Waals surface area contributed by atoms with Crippen LogP contribution in [0.5, 0.6) is 0 Å². The summed E-state index contributed by atoms with van der Waals surface area (Å²) in [6.07, 6.45) is 0.372. The number of hydrogen-bond acceptors (Lipinski definition) is 3. The van der Waals surface area contributed by atoms with Gasteiger partial charge in [-0.05, 0) is 54.9 Å². The maximum Gasteiger partial charge on any atom is 0.416 e. The third-order valence-corrected chi connectivity index (χ3v) is 3.23. The zero-order valence-corrected chi connectivity index (χ0v) is 12.9. The van der Waals surface area contributed by atoms with E-state index < -0.39 is 17.7 Å². The summed E-state index contributed by atoms with van der Waals surface area (Å²) >= 11 is 3.29. The second-order valence-corrected chi connectivity index (χ2v) is 6.22. The van der Waals surface area contributed by atoms with Gasteiger partial charge in [0.1, 0.15) is 5.60 Å². The van der Waals surface area contributed by atoms with E-state index in [1.807, 2.05) is 0 Å². The number of carbonyl (C=O) groups is 2. The minimum absolute atomic E-state index is 0.385. The number of rotatable bonds is 1. The molecule has 0 saturated carbocycles. The fourth-order valence-electron chi connectivity index (χ4n) is 1.81. The Balaban J connectivity index is 2.47. The van der Waals surface area contributed by atoms with Gasteiger partial charge in [-0.15, -0.1) is 0 Å². The SMILES string of the molecule is CC(C)(C)OC(=O)c1ccc2c(c1)c(Br)cn2C(=O)O. The molecule has 2 aromatic rings. The molecule has 1 heterocycles. The Bertz CT molecular complexity index is 697. The second-order valence-electron chi connectivity index (χ2n) is 5.36. The van der Waals surface area contributed by atoms with Crippen molar-refractivity contribution in [3.8, 4) is 0 Å². The summed E-state index contributed by atoms with van der Waals surface area (Å²) in [6, 6.07) is 4.77. The number of benzene rings is 1. The van der Waals surface area contributed by atoms with E-state index >= 15 is 0 Å². The topological polar surface area (TPSA) is 68.5 Å². The first kappa shape index (κ1) is 14.6. The Hall–Kier alpha value is -1.82. The molecule has 0 saturated heterocycles. The van der Waals surface area contributed by atoms with Gasteiger partial charge in [-0.1, -0.05) is 0 Å². The monoisotopic (exact) mass is 339 g/mol. The highest BCUT2D eigenvalue weighted by atomic mass is 79.9. The summed E-state index contributed by atoms with van der Waals surface area (Å²) in [5.74, 6) is -0.436. The lowest BCUT2D eigenvalue weighted by Gasteiger charge is -2.19. The van der Waals surface area contributed by atoms with Gasteiger partial charge in [0.05, 0.1) is 11.1 Å². The lowest BCUT2D eigenvalue weighted by Crippen LogP contribution is -2.23. The lowest BCUT2D eigenvalue weighted by atomic mass is 10.1. The van der Waals surface area contributed by atoms with E-state index in [-0.39, 0.29) is 0 Å². The second kappa shape index (κ2) is 4.94. The van der Waals surface area contributed by atoms with E-state index in [0.29, 0.717) is 20.9 Å². The average Bonchev–Trinajstić information content (AvgIpc) is 2.64. The van der Waals surface area contributed by atoms with Gasteiger partial charge in [-0.2, -0.15) is 0 Å². The smallest absolute Gasteiger partial charge is 0.416 e. The minimum Gasteiger partial charge on any atom is -0.464 e. The predicted molar refractivity (Wildman–Crippen MR) is 78.2 cm³/mol. The highest BCUT2D eigenvalue weighted by molar-refractivity contribution is 9.10. The molecule has 0 spiro atoms. The molecule has 1 aromatic carbocycles. The molecule has 106 valence electrons. The van der Waals surface area contributed by atoms with Crippen molar-refractivity contribution >= 4 is 38.9 Å². The third-order valence-electron chi connectivity index (χ3n) is 2.60. The number of halogens is 1. The van der Waals surface area contributed by atoms with Crippen LogP contribution in [-0.2, 0) is 4.74 Å². The molecule has 2 rings (SSSR count). The van der Waals surface area contributed by atoms with Crippen molar-refractivity contribution < 1.29 is 19.4 Å². The van der Waals surface area contributed by atoms with Crippen molar-refractivity contribution in [3.63, 3.8) is 0 Å². The number of carboxylic acid groups (broad SMARTS) is 1. The van der Waals surface area contributed by atoms with Crippen LogP contribution >= 0.6 is 15.9 Å². The zero-order chi connectivity index (χ0) is 15.1. The van der Waals surface area contributed by atoms with Crippen LogP contribution in [0.1, 0.15) is 31.1 Å². The molecular formula is C14H14BrNO4. The maximum absolute atomic E-state index is 12.0. The largest absolute Gasteiger partial charge is 0.464 e. The molecule has 1 aromatic heterocycles. The molecule has 0 fully saturated rings. The van der Waals surface area contributed by atoms with Crippen molar-refractivity contribution in [2.45, 2.75) is 26.4 Å². The van der Waals surface area contributed by atoms with Crippen molar-refractivity contribution in [2.75, 3.05) is 0 Å². The third kappa shape index (κ3) is 2.85.